The second-order valence-corrected chi connectivity index (χ2v) is 7.17. The van der Waals surface area contributed by atoms with Gasteiger partial charge in [-0.3, -0.25) is 4.79 Å². The second-order valence-electron chi connectivity index (χ2n) is 5.21. The number of nitrogens with one attached hydrogen (secondary N) is 2. The van der Waals surface area contributed by atoms with Gasteiger partial charge < -0.3 is 10.3 Å². The van der Waals surface area contributed by atoms with Gasteiger partial charge in [-0.25, -0.2) is 0 Å². The Morgan fingerprint density at radius 2 is 1.91 bits per heavy atom. The molecule has 0 aliphatic heterocycles. The molecule has 0 saturated heterocycles. The monoisotopic (exact) mass is 388 g/mol. The van der Waals surface area contributed by atoms with Crippen LogP contribution in [0.1, 0.15) is 16.1 Å². The predicted octanol–water partition coefficient (Wildman–Crippen LogP) is 4.76. The Kier molecular flexibility index (Phi) is 5.08. The van der Waals surface area contributed by atoms with Crippen molar-refractivity contribution in [3.63, 3.8) is 0 Å². The molecule has 0 spiro atoms. The summed E-state index contributed by atoms with van der Waals surface area (Å²) in [6.07, 6.45) is 0. The van der Waals surface area contributed by atoms with Crippen LogP contribution in [0.5, 0.6) is 0 Å². The third-order valence-electron chi connectivity index (χ3n) is 3.59. The number of fused-ring (bicyclic) bond motifs is 1. The fraction of sp³-hybridized carbons (Fsp3) is 0.167. The maximum Gasteiger partial charge on any atom is 0.252 e. The molecule has 0 aliphatic carbocycles. The van der Waals surface area contributed by atoms with Crippen LogP contribution in [0.25, 0.3) is 10.9 Å². The van der Waals surface area contributed by atoms with Crippen molar-refractivity contribution in [3.05, 3.63) is 64.3 Å². The highest BCUT2D eigenvalue weighted by Crippen LogP contribution is 2.30. The van der Waals surface area contributed by atoms with E-state index in [2.05, 4.69) is 45.3 Å². The summed E-state index contributed by atoms with van der Waals surface area (Å²) in [6.45, 7) is 2.71. The lowest BCUT2D eigenvalue weighted by atomic mass is 10.2. The van der Waals surface area contributed by atoms with Crippen LogP contribution >= 0.6 is 27.7 Å². The fourth-order valence-electron chi connectivity index (χ4n) is 2.50. The number of amides is 1. The van der Waals surface area contributed by atoms with Gasteiger partial charge in [0.05, 0.1) is 5.56 Å². The van der Waals surface area contributed by atoms with Gasteiger partial charge in [0.2, 0.25) is 0 Å². The first-order valence-electron chi connectivity index (χ1n) is 7.39. The number of hydrogen-bond donors (Lipinski definition) is 2. The SMILES string of the molecule is Cc1[nH]c2ccccc2c1SCCNC(=O)c1ccccc1Br. The summed E-state index contributed by atoms with van der Waals surface area (Å²) in [6, 6.07) is 15.7. The van der Waals surface area contributed by atoms with E-state index >= 15 is 0 Å². The minimum absolute atomic E-state index is 0.0475. The van der Waals surface area contributed by atoms with Crippen LogP contribution in [0.15, 0.2) is 57.9 Å². The van der Waals surface area contributed by atoms with Crippen molar-refractivity contribution in [3.8, 4) is 0 Å². The Morgan fingerprint density at radius 3 is 2.74 bits per heavy atom. The van der Waals surface area contributed by atoms with Crippen molar-refractivity contribution in [2.24, 2.45) is 0 Å². The number of rotatable bonds is 5. The zero-order valence-electron chi connectivity index (χ0n) is 12.7. The number of halogens is 1. The zero-order valence-corrected chi connectivity index (χ0v) is 15.1. The lowest BCUT2D eigenvalue weighted by Crippen LogP contribution is -2.26. The molecule has 2 aromatic carbocycles. The van der Waals surface area contributed by atoms with Crippen molar-refractivity contribution in [1.29, 1.82) is 0 Å². The minimum atomic E-state index is -0.0475. The Morgan fingerprint density at radius 1 is 1.17 bits per heavy atom. The molecule has 23 heavy (non-hydrogen) atoms. The van der Waals surface area contributed by atoms with E-state index in [-0.39, 0.29) is 5.91 Å². The molecular formula is C18H17BrN2OS. The number of thioether (sulfide) groups is 1. The highest BCUT2D eigenvalue weighted by molar-refractivity contribution is 9.10. The molecule has 3 nitrogen and oxygen atoms in total. The number of carbonyl (C=O) groups is 1. The Bertz CT molecular complexity index is 844. The lowest BCUT2D eigenvalue weighted by molar-refractivity contribution is 0.0955. The van der Waals surface area contributed by atoms with Gasteiger partial charge in [-0.05, 0) is 41.1 Å². The average Bonchev–Trinajstić information content (AvgIpc) is 2.87. The molecule has 0 aliphatic rings. The molecular weight excluding hydrogens is 372 g/mol. The largest absolute Gasteiger partial charge is 0.358 e. The minimum Gasteiger partial charge on any atom is -0.358 e. The summed E-state index contributed by atoms with van der Waals surface area (Å²) in [7, 11) is 0. The Balaban J connectivity index is 1.58. The number of aryl methyl sites for hydroxylation is 1. The molecule has 0 radical (unpaired) electrons. The number of aromatic amines is 1. The number of hydrogen-bond acceptors (Lipinski definition) is 2. The van der Waals surface area contributed by atoms with Crippen LogP contribution in [0.4, 0.5) is 0 Å². The highest BCUT2D eigenvalue weighted by atomic mass is 79.9. The molecule has 0 fully saturated rings. The van der Waals surface area contributed by atoms with Gasteiger partial charge in [0.15, 0.2) is 0 Å². The molecule has 3 aromatic rings. The van der Waals surface area contributed by atoms with Crippen molar-refractivity contribution in [1.82, 2.24) is 10.3 Å². The van der Waals surface area contributed by atoms with Gasteiger partial charge in [-0.15, -0.1) is 11.8 Å². The van der Waals surface area contributed by atoms with Crippen molar-refractivity contribution < 1.29 is 4.79 Å². The highest BCUT2D eigenvalue weighted by Gasteiger charge is 2.10. The van der Waals surface area contributed by atoms with Crippen LogP contribution in [-0.2, 0) is 0 Å². The van der Waals surface area contributed by atoms with E-state index < -0.39 is 0 Å². The third kappa shape index (κ3) is 3.62. The van der Waals surface area contributed by atoms with Gasteiger partial charge in [0, 0.05) is 38.3 Å². The second kappa shape index (κ2) is 7.23. The van der Waals surface area contributed by atoms with E-state index in [1.54, 1.807) is 11.8 Å². The number of para-hydroxylation sites is 1. The van der Waals surface area contributed by atoms with Gasteiger partial charge >= 0.3 is 0 Å². The normalized spacial score (nSPS) is 10.9. The van der Waals surface area contributed by atoms with Crippen LogP contribution in [0.2, 0.25) is 0 Å². The van der Waals surface area contributed by atoms with Crippen LogP contribution in [0, 0.1) is 6.92 Å². The third-order valence-corrected chi connectivity index (χ3v) is 5.50. The maximum atomic E-state index is 12.1. The van der Waals surface area contributed by atoms with Crippen LogP contribution in [0.3, 0.4) is 0 Å². The van der Waals surface area contributed by atoms with Crippen LogP contribution in [-0.4, -0.2) is 23.2 Å². The first-order chi connectivity index (χ1) is 11.2. The topological polar surface area (TPSA) is 44.9 Å². The standard InChI is InChI=1S/C18H17BrN2OS/c1-12-17(14-7-3-5-9-16(14)21-12)23-11-10-20-18(22)13-6-2-4-8-15(13)19/h2-9,21H,10-11H2,1H3,(H,20,22). The van der Waals surface area contributed by atoms with Crippen molar-refractivity contribution in [2.75, 3.05) is 12.3 Å². The van der Waals surface area contributed by atoms with Crippen molar-refractivity contribution in [2.45, 2.75) is 11.8 Å². The van der Waals surface area contributed by atoms with E-state index in [4.69, 9.17) is 0 Å². The predicted molar refractivity (Wildman–Crippen MR) is 100 cm³/mol. The Hall–Kier alpha value is -1.72. The van der Waals surface area contributed by atoms with Gasteiger partial charge in [0.25, 0.3) is 5.91 Å². The summed E-state index contributed by atoms with van der Waals surface area (Å²) < 4.78 is 0.817. The number of aromatic nitrogens is 1. The van der Waals surface area contributed by atoms with E-state index in [9.17, 15) is 4.79 Å². The van der Waals surface area contributed by atoms with Gasteiger partial charge in [0.1, 0.15) is 0 Å². The molecule has 3 rings (SSSR count). The summed E-state index contributed by atoms with van der Waals surface area (Å²) in [5.41, 5.74) is 3.00. The van der Waals surface area contributed by atoms with E-state index in [1.165, 1.54) is 16.0 Å². The lowest BCUT2D eigenvalue weighted by Gasteiger charge is -2.07. The van der Waals surface area contributed by atoms with Crippen molar-refractivity contribution >= 4 is 44.5 Å². The molecule has 1 amide bonds. The molecule has 0 bridgehead atoms. The zero-order chi connectivity index (χ0) is 16.2. The molecule has 0 saturated carbocycles. The summed E-state index contributed by atoms with van der Waals surface area (Å²) in [5.74, 6) is 0.785. The summed E-state index contributed by atoms with van der Waals surface area (Å²) in [4.78, 5) is 16.8. The smallest absolute Gasteiger partial charge is 0.252 e. The quantitative estimate of drug-likeness (QED) is 0.488. The molecule has 1 aromatic heterocycles. The van der Waals surface area contributed by atoms with E-state index in [0.717, 1.165) is 15.7 Å². The van der Waals surface area contributed by atoms with Crippen LogP contribution < -0.4 is 5.32 Å². The maximum absolute atomic E-state index is 12.1. The molecule has 2 N–H and O–H groups in total. The molecule has 5 heteroatoms. The molecule has 1 heterocycles. The first kappa shape index (κ1) is 16.1. The van der Waals surface area contributed by atoms with Gasteiger partial charge in [-0.2, -0.15) is 0 Å². The van der Waals surface area contributed by atoms with Gasteiger partial charge in [-0.1, -0.05) is 30.3 Å². The Labute approximate surface area is 148 Å². The summed E-state index contributed by atoms with van der Waals surface area (Å²) in [5, 5.41) is 4.21. The summed E-state index contributed by atoms with van der Waals surface area (Å²) >= 11 is 5.17. The first-order valence-corrected chi connectivity index (χ1v) is 9.17. The van der Waals surface area contributed by atoms with E-state index in [1.807, 2.05) is 36.4 Å². The number of benzene rings is 2. The molecule has 0 atom stereocenters. The number of H-pyrrole nitrogens is 1. The fourth-order valence-corrected chi connectivity index (χ4v) is 3.97. The average molecular weight is 389 g/mol. The van der Waals surface area contributed by atoms with E-state index in [0.29, 0.717) is 12.1 Å². The number of carbonyl (C=O) groups excluding carboxylic acids is 1. The molecule has 118 valence electrons. The molecule has 0 unspecified atom stereocenters.